The molecule has 2 aromatic rings. The second kappa shape index (κ2) is 12.0. The maximum absolute atomic E-state index is 11.2. The van der Waals surface area contributed by atoms with Crippen LogP contribution < -0.4 is 24.5 Å². The molecule has 1 aliphatic carbocycles. The monoisotopic (exact) mass is 544 g/mol. The number of hydrogen-bond acceptors (Lipinski definition) is 5. The summed E-state index contributed by atoms with van der Waals surface area (Å²) in [6, 6.07) is 17.1. The number of methoxy groups -OCH3 is 1. The van der Waals surface area contributed by atoms with Gasteiger partial charge in [0.1, 0.15) is 31.2 Å². The highest BCUT2D eigenvalue weighted by atomic mass is 16.5. The number of anilines is 2. The first-order valence-electron chi connectivity index (χ1n) is 13.9. The van der Waals surface area contributed by atoms with Crippen molar-refractivity contribution in [1.29, 1.82) is 0 Å². The molecule has 1 aliphatic heterocycles. The first-order chi connectivity index (χ1) is 19.0. The Balaban J connectivity index is 2.03. The summed E-state index contributed by atoms with van der Waals surface area (Å²) >= 11 is 0. The molecule has 0 saturated heterocycles. The fourth-order valence-corrected chi connectivity index (χ4v) is 5.27. The van der Waals surface area contributed by atoms with E-state index in [-0.39, 0.29) is 12.3 Å². The van der Waals surface area contributed by atoms with Gasteiger partial charge in [0.05, 0.1) is 13.2 Å². The smallest absolute Gasteiger partial charge is 0.303 e. The van der Waals surface area contributed by atoms with E-state index in [1.807, 2.05) is 28.2 Å². The summed E-state index contributed by atoms with van der Waals surface area (Å²) < 4.78 is 14.7. The van der Waals surface area contributed by atoms with E-state index in [1.165, 1.54) is 5.56 Å². The topological polar surface area (TPSA) is 69.2 Å². The van der Waals surface area contributed by atoms with Crippen LogP contribution in [-0.2, 0) is 4.79 Å². The molecule has 7 heteroatoms. The summed E-state index contributed by atoms with van der Waals surface area (Å²) in [5, 5.41) is 11.3. The molecule has 1 N–H and O–H groups in total. The standard InChI is InChI=1S/C33H41N3O4/c1-9-36(16-10-11-32(37)38)28-20-29(39-8)27(19-26(28)21(2)3)33-24-14-12-22(34(4)5)17-30(24)40-31-18-23(35(6)7)13-15-25(31)33/h12-15,17-21H,9-11,16H2,1-8H3/p+1. The Kier molecular flexibility index (Phi) is 8.72. The third-order valence-electron chi connectivity index (χ3n) is 7.50. The van der Waals surface area contributed by atoms with Crippen LogP contribution in [0.3, 0.4) is 0 Å². The minimum Gasteiger partial charge on any atom is -0.496 e. The summed E-state index contributed by atoms with van der Waals surface area (Å²) in [5.41, 5.74) is 7.27. The normalized spacial score (nSPS) is 11.3. The molecule has 4 rings (SSSR count). The molecular weight excluding hydrogens is 502 g/mol. The number of benzene rings is 3. The van der Waals surface area contributed by atoms with Gasteiger partial charge in [0, 0.05) is 85.3 Å². The van der Waals surface area contributed by atoms with E-state index >= 15 is 0 Å². The molecule has 0 spiro atoms. The third-order valence-corrected chi connectivity index (χ3v) is 7.50. The van der Waals surface area contributed by atoms with Crippen molar-refractivity contribution in [3.8, 4) is 28.2 Å². The fraction of sp³-hybridized carbons (Fsp3) is 0.394. The van der Waals surface area contributed by atoms with Crippen LogP contribution in [-0.4, -0.2) is 59.5 Å². The lowest BCUT2D eigenvalue weighted by Crippen LogP contribution is -2.26. The Labute approximate surface area is 237 Å². The van der Waals surface area contributed by atoms with Crippen LogP contribution in [0.15, 0.2) is 52.9 Å². The summed E-state index contributed by atoms with van der Waals surface area (Å²) in [7, 11) is 9.82. The SMILES string of the molecule is CCN(CCCC(=O)O)c1cc(OC)c(-c2c3ccc(=[N+](C)C)cc-3oc3cc(N(C)C)ccc23)cc1C(C)C. The van der Waals surface area contributed by atoms with Gasteiger partial charge in [0.2, 0.25) is 5.36 Å². The molecule has 0 unspecified atom stereocenters. The van der Waals surface area contributed by atoms with Gasteiger partial charge >= 0.3 is 5.97 Å². The predicted octanol–water partition coefficient (Wildman–Crippen LogP) is 6.13. The van der Waals surface area contributed by atoms with Gasteiger partial charge in [0.25, 0.3) is 0 Å². The molecule has 0 bridgehead atoms. The first kappa shape index (κ1) is 29.0. The van der Waals surface area contributed by atoms with E-state index in [0.717, 1.165) is 62.4 Å². The number of aliphatic carboxylic acids is 1. The van der Waals surface area contributed by atoms with Gasteiger partial charge < -0.3 is 24.1 Å². The highest BCUT2D eigenvalue weighted by molar-refractivity contribution is 6.04. The van der Waals surface area contributed by atoms with Crippen LogP contribution in [0.25, 0.3) is 33.4 Å². The van der Waals surface area contributed by atoms with Gasteiger partial charge in [-0.15, -0.1) is 0 Å². The zero-order valence-corrected chi connectivity index (χ0v) is 25.0. The Hall–Kier alpha value is -4.00. The lowest BCUT2D eigenvalue weighted by Gasteiger charge is -2.29. The average Bonchev–Trinajstić information content (AvgIpc) is 2.92. The number of nitrogens with zero attached hydrogens (tertiary/aromatic N) is 3. The van der Waals surface area contributed by atoms with Crippen LogP contribution >= 0.6 is 0 Å². The van der Waals surface area contributed by atoms with E-state index in [2.05, 4.69) is 83.7 Å². The van der Waals surface area contributed by atoms with Gasteiger partial charge in [-0.05, 0) is 49.1 Å². The molecule has 0 amide bonds. The largest absolute Gasteiger partial charge is 0.496 e. The van der Waals surface area contributed by atoms with Crippen molar-refractivity contribution < 1.29 is 19.1 Å². The molecule has 0 fully saturated rings. The maximum atomic E-state index is 11.2. The molecule has 0 atom stereocenters. The predicted molar refractivity (Wildman–Crippen MR) is 165 cm³/mol. The summed E-state index contributed by atoms with van der Waals surface area (Å²) in [4.78, 5) is 15.5. The fourth-order valence-electron chi connectivity index (χ4n) is 5.27. The Bertz CT molecular complexity index is 1560. The lowest BCUT2D eigenvalue weighted by atomic mass is 9.89. The number of carboxylic acid groups (broad SMARTS) is 1. The summed E-state index contributed by atoms with van der Waals surface area (Å²) in [6.45, 7) is 7.95. The zero-order valence-electron chi connectivity index (χ0n) is 25.0. The molecular formula is C33H42N3O4+. The van der Waals surface area contributed by atoms with E-state index in [9.17, 15) is 9.90 Å². The van der Waals surface area contributed by atoms with Crippen molar-refractivity contribution >= 4 is 28.3 Å². The second-order valence-corrected chi connectivity index (χ2v) is 11.0. The highest BCUT2D eigenvalue weighted by Gasteiger charge is 2.24. The zero-order chi connectivity index (χ0) is 29.1. The minimum absolute atomic E-state index is 0.151. The molecule has 2 aromatic carbocycles. The molecule has 0 aromatic heterocycles. The third kappa shape index (κ3) is 5.79. The molecule has 40 heavy (non-hydrogen) atoms. The first-order valence-corrected chi connectivity index (χ1v) is 13.9. The number of fused-ring (bicyclic) bond motifs is 2. The van der Waals surface area contributed by atoms with Gasteiger partial charge in [-0.3, -0.25) is 4.79 Å². The van der Waals surface area contributed by atoms with E-state index < -0.39 is 5.97 Å². The molecule has 0 radical (unpaired) electrons. The number of rotatable bonds is 10. The van der Waals surface area contributed by atoms with Crippen molar-refractivity contribution in [2.24, 2.45) is 0 Å². The van der Waals surface area contributed by atoms with Gasteiger partial charge in [-0.25, -0.2) is 4.58 Å². The van der Waals surface area contributed by atoms with Crippen LogP contribution in [0.4, 0.5) is 11.4 Å². The number of carboxylic acids is 1. The number of ether oxygens (including phenoxy) is 1. The van der Waals surface area contributed by atoms with E-state index in [1.54, 1.807) is 7.11 Å². The van der Waals surface area contributed by atoms with E-state index in [4.69, 9.17) is 9.15 Å². The Morgan fingerprint density at radius 2 is 1.80 bits per heavy atom. The van der Waals surface area contributed by atoms with E-state index in [0.29, 0.717) is 13.0 Å². The minimum atomic E-state index is -0.767. The van der Waals surface area contributed by atoms with Gasteiger partial charge in [0.15, 0.2) is 0 Å². The Morgan fingerprint density at radius 3 is 2.40 bits per heavy atom. The summed E-state index contributed by atoms with van der Waals surface area (Å²) in [5.74, 6) is 1.07. The highest BCUT2D eigenvalue weighted by Crippen LogP contribution is 2.47. The second-order valence-electron chi connectivity index (χ2n) is 11.0. The number of hydrogen-bond donors (Lipinski definition) is 1. The lowest BCUT2D eigenvalue weighted by molar-refractivity contribution is -0.137. The van der Waals surface area contributed by atoms with Crippen molar-refractivity contribution in [2.75, 3.05) is 58.2 Å². The van der Waals surface area contributed by atoms with Gasteiger partial charge in [-0.2, -0.15) is 0 Å². The van der Waals surface area contributed by atoms with Crippen LogP contribution in [0.1, 0.15) is 45.1 Å². The molecule has 2 aliphatic rings. The van der Waals surface area contributed by atoms with Crippen LogP contribution in [0.2, 0.25) is 0 Å². The molecule has 212 valence electrons. The maximum Gasteiger partial charge on any atom is 0.303 e. The molecule has 0 saturated carbocycles. The van der Waals surface area contributed by atoms with Crippen molar-refractivity contribution in [2.45, 2.75) is 39.5 Å². The van der Waals surface area contributed by atoms with Gasteiger partial charge in [-0.1, -0.05) is 13.8 Å². The molecule has 7 nitrogen and oxygen atoms in total. The molecule has 1 heterocycles. The summed E-state index contributed by atoms with van der Waals surface area (Å²) in [6.07, 6.45) is 0.737. The van der Waals surface area contributed by atoms with Crippen molar-refractivity contribution in [3.63, 3.8) is 0 Å². The van der Waals surface area contributed by atoms with Crippen LogP contribution in [0, 0.1) is 0 Å². The number of carbonyl (C=O) groups is 1. The van der Waals surface area contributed by atoms with Crippen LogP contribution in [0.5, 0.6) is 5.75 Å². The Morgan fingerprint density at radius 1 is 1.05 bits per heavy atom. The average molecular weight is 545 g/mol. The van der Waals surface area contributed by atoms with Crippen molar-refractivity contribution in [3.05, 3.63) is 59.5 Å². The quantitative estimate of drug-likeness (QED) is 0.191. The van der Waals surface area contributed by atoms with Crippen molar-refractivity contribution in [1.82, 2.24) is 4.58 Å².